The number of hydrogen-bond donors (Lipinski definition) is 3. The van der Waals surface area contributed by atoms with Crippen LogP contribution in [0.15, 0.2) is 12.4 Å². The fraction of sp³-hybridized carbons (Fsp3) is 0.579. The normalized spacial score (nSPS) is 24.4. The molecule has 30 heavy (non-hydrogen) atoms. The smallest absolute Gasteiger partial charge is 0.272 e. The first-order valence-corrected chi connectivity index (χ1v) is 10.1. The van der Waals surface area contributed by atoms with E-state index >= 15 is 0 Å². The molecule has 0 radical (unpaired) electrons. The van der Waals surface area contributed by atoms with Crippen LogP contribution < -0.4 is 15.0 Å². The van der Waals surface area contributed by atoms with E-state index in [2.05, 4.69) is 25.5 Å². The Labute approximate surface area is 170 Å². The number of alkyl halides is 2. The molecule has 0 unspecified atom stereocenters. The Morgan fingerprint density at radius 3 is 2.93 bits per heavy atom. The fourth-order valence-electron chi connectivity index (χ4n) is 4.46. The molecular weight excluding hydrogens is 398 g/mol. The summed E-state index contributed by atoms with van der Waals surface area (Å²) in [6, 6.07) is -0.0958. The first-order valence-electron chi connectivity index (χ1n) is 10.1. The lowest BCUT2D eigenvalue weighted by molar-refractivity contribution is -0.121. The Balaban J connectivity index is 1.43. The third-order valence-electron chi connectivity index (χ3n) is 6.08. The van der Waals surface area contributed by atoms with E-state index in [1.807, 2.05) is 0 Å². The maximum atomic E-state index is 13.2. The van der Waals surface area contributed by atoms with E-state index in [9.17, 15) is 18.7 Å². The summed E-state index contributed by atoms with van der Waals surface area (Å²) >= 11 is 0. The van der Waals surface area contributed by atoms with Crippen molar-refractivity contribution in [2.75, 3.05) is 16.8 Å². The molecule has 160 valence electrons. The van der Waals surface area contributed by atoms with Gasteiger partial charge in [0, 0.05) is 17.8 Å². The summed E-state index contributed by atoms with van der Waals surface area (Å²) in [5, 5.41) is 19.4. The van der Waals surface area contributed by atoms with Crippen LogP contribution in [0, 0.1) is 0 Å². The van der Waals surface area contributed by atoms with Crippen molar-refractivity contribution in [3.8, 4) is 5.88 Å². The highest BCUT2D eigenvalue weighted by Crippen LogP contribution is 2.57. The number of aromatic amines is 1. The quantitative estimate of drug-likeness (QED) is 0.656. The molecule has 5 rings (SSSR count). The van der Waals surface area contributed by atoms with Gasteiger partial charge in [0.1, 0.15) is 11.5 Å². The number of ether oxygens (including phenoxy) is 1. The number of H-pyrrole nitrogens is 1. The van der Waals surface area contributed by atoms with Crippen molar-refractivity contribution in [3.05, 3.63) is 18.0 Å². The second-order valence-electron chi connectivity index (χ2n) is 8.10. The van der Waals surface area contributed by atoms with Gasteiger partial charge in [0.15, 0.2) is 6.61 Å². The van der Waals surface area contributed by atoms with Crippen molar-refractivity contribution in [1.82, 2.24) is 20.2 Å². The number of nitrogens with one attached hydrogen (secondary N) is 2. The topological polar surface area (TPSA) is 116 Å². The maximum Gasteiger partial charge on any atom is 0.272 e. The van der Waals surface area contributed by atoms with Gasteiger partial charge in [-0.1, -0.05) is 0 Å². The van der Waals surface area contributed by atoms with Crippen molar-refractivity contribution in [2.24, 2.45) is 0 Å². The van der Waals surface area contributed by atoms with Crippen LogP contribution in [-0.4, -0.2) is 56.4 Å². The molecule has 2 aromatic rings. The highest BCUT2D eigenvalue weighted by Gasteiger charge is 2.61. The molecule has 3 N–H and O–H groups in total. The molecule has 9 nitrogen and oxygen atoms in total. The summed E-state index contributed by atoms with van der Waals surface area (Å²) in [6.07, 6.45) is 4.51. The summed E-state index contributed by atoms with van der Waals surface area (Å²) in [5.74, 6) is 0.866. The van der Waals surface area contributed by atoms with E-state index in [-0.39, 0.29) is 23.8 Å². The van der Waals surface area contributed by atoms with Gasteiger partial charge in [-0.25, -0.2) is 18.9 Å². The Bertz CT molecular complexity index is 963. The predicted octanol–water partition coefficient (Wildman–Crippen LogP) is 2.27. The molecule has 1 aliphatic heterocycles. The Morgan fingerprint density at radius 2 is 2.20 bits per heavy atom. The standard InChI is InChI=1S/C19H22F2N6O3/c20-14(21)9-30-16-13(8-23-26-16)24-18-22-7-12-15(25-18)27(17(29)19(12)4-5-19)10-2-1-3-11(28)6-10/h7-8,10-11,14,28H,1-6,9H2,(H,23,26)(H,22,24,25)/t10-,11-/m1/s1. The number of rotatable bonds is 6. The van der Waals surface area contributed by atoms with E-state index in [1.165, 1.54) is 6.20 Å². The SMILES string of the molecule is O=C1N([C@@H]2CCC[C@@H](O)C2)c2nc(Nc3cn[nH]c3OCC(F)F)ncc2C12CC2. The van der Waals surface area contributed by atoms with Crippen molar-refractivity contribution in [3.63, 3.8) is 0 Å². The van der Waals surface area contributed by atoms with E-state index in [4.69, 9.17) is 4.74 Å². The summed E-state index contributed by atoms with van der Waals surface area (Å²) in [7, 11) is 0. The van der Waals surface area contributed by atoms with Gasteiger partial charge in [-0.2, -0.15) is 10.1 Å². The van der Waals surface area contributed by atoms with Crippen LogP contribution >= 0.6 is 0 Å². The minimum atomic E-state index is -2.61. The number of halogens is 2. The largest absolute Gasteiger partial charge is 0.470 e. The molecule has 2 saturated carbocycles. The van der Waals surface area contributed by atoms with Crippen LogP contribution in [-0.2, 0) is 10.2 Å². The molecular formula is C19H22F2N6O3. The molecule has 2 aromatic heterocycles. The number of aliphatic hydroxyl groups is 1. The van der Waals surface area contributed by atoms with Crippen LogP contribution in [0.4, 0.5) is 26.2 Å². The number of carbonyl (C=O) groups excluding carboxylic acids is 1. The van der Waals surface area contributed by atoms with Gasteiger partial charge in [0.25, 0.3) is 6.43 Å². The fourth-order valence-corrected chi connectivity index (χ4v) is 4.46. The monoisotopic (exact) mass is 420 g/mol. The summed E-state index contributed by atoms with van der Waals surface area (Å²) in [4.78, 5) is 23.9. The van der Waals surface area contributed by atoms with Crippen molar-refractivity contribution < 1.29 is 23.4 Å². The third kappa shape index (κ3) is 3.17. The number of aliphatic hydroxyl groups excluding tert-OH is 1. The van der Waals surface area contributed by atoms with Crippen molar-refractivity contribution in [2.45, 2.75) is 62.5 Å². The van der Waals surface area contributed by atoms with Gasteiger partial charge in [-0.3, -0.25) is 9.69 Å². The molecule has 1 amide bonds. The van der Waals surface area contributed by atoms with Gasteiger partial charge < -0.3 is 15.2 Å². The second kappa shape index (κ2) is 7.15. The van der Waals surface area contributed by atoms with E-state index in [0.717, 1.165) is 37.7 Å². The van der Waals surface area contributed by atoms with Gasteiger partial charge in [0.2, 0.25) is 17.7 Å². The summed E-state index contributed by atoms with van der Waals surface area (Å²) in [5.41, 5.74) is 0.609. The molecule has 2 atom stereocenters. The van der Waals surface area contributed by atoms with Crippen LogP contribution in [0.1, 0.15) is 44.1 Å². The highest BCUT2D eigenvalue weighted by molar-refractivity contribution is 6.09. The summed E-state index contributed by atoms with van der Waals surface area (Å²) in [6.45, 7) is -0.767. The lowest BCUT2D eigenvalue weighted by Crippen LogP contribution is -2.44. The average molecular weight is 420 g/mol. The van der Waals surface area contributed by atoms with Gasteiger partial charge in [0.05, 0.1) is 17.7 Å². The van der Waals surface area contributed by atoms with Crippen LogP contribution in [0.3, 0.4) is 0 Å². The number of aromatic nitrogens is 4. The zero-order chi connectivity index (χ0) is 20.9. The summed E-state index contributed by atoms with van der Waals surface area (Å²) < 4.78 is 29.9. The Kier molecular flexibility index (Phi) is 4.57. The average Bonchev–Trinajstić information content (AvgIpc) is 3.34. The first-order chi connectivity index (χ1) is 14.5. The molecule has 1 spiro atoms. The zero-order valence-corrected chi connectivity index (χ0v) is 16.1. The number of fused-ring (bicyclic) bond motifs is 2. The molecule has 0 bridgehead atoms. The van der Waals surface area contributed by atoms with E-state index in [0.29, 0.717) is 17.9 Å². The number of carbonyl (C=O) groups is 1. The first kappa shape index (κ1) is 19.2. The number of anilines is 3. The molecule has 3 aliphatic rings. The minimum Gasteiger partial charge on any atom is -0.470 e. The van der Waals surface area contributed by atoms with Gasteiger partial charge >= 0.3 is 0 Å². The van der Waals surface area contributed by atoms with Crippen molar-refractivity contribution >= 4 is 23.4 Å². The Hall–Kier alpha value is -2.82. The molecule has 11 heteroatoms. The van der Waals surface area contributed by atoms with Crippen LogP contribution in [0.5, 0.6) is 5.88 Å². The lowest BCUT2D eigenvalue weighted by atomic mass is 9.92. The van der Waals surface area contributed by atoms with Crippen LogP contribution in [0.2, 0.25) is 0 Å². The predicted molar refractivity (Wildman–Crippen MR) is 102 cm³/mol. The van der Waals surface area contributed by atoms with Crippen molar-refractivity contribution in [1.29, 1.82) is 0 Å². The second-order valence-corrected chi connectivity index (χ2v) is 8.10. The van der Waals surface area contributed by atoms with E-state index < -0.39 is 24.6 Å². The zero-order valence-electron chi connectivity index (χ0n) is 16.1. The molecule has 3 heterocycles. The molecule has 0 aromatic carbocycles. The minimum absolute atomic E-state index is 0.0346. The number of hydrogen-bond acceptors (Lipinski definition) is 7. The Morgan fingerprint density at radius 1 is 1.37 bits per heavy atom. The van der Waals surface area contributed by atoms with Gasteiger partial charge in [-0.15, -0.1) is 0 Å². The maximum absolute atomic E-state index is 13.2. The number of nitrogens with zero attached hydrogens (tertiary/aromatic N) is 4. The highest BCUT2D eigenvalue weighted by atomic mass is 19.3. The van der Waals surface area contributed by atoms with Crippen LogP contribution in [0.25, 0.3) is 0 Å². The van der Waals surface area contributed by atoms with Gasteiger partial charge in [-0.05, 0) is 38.5 Å². The number of amides is 1. The third-order valence-corrected chi connectivity index (χ3v) is 6.08. The lowest BCUT2D eigenvalue weighted by Gasteiger charge is -2.33. The molecule has 2 aliphatic carbocycles. The van der Waals surface area contributed by atoms with E-state index in [1.54, 1.807) is 11.1 Å². The molecule has 2 fully saturated rings. The molecule has 0 saturated heterocycles.